The molecule has 5 heteroatoms. The van der Waals surface area contributed by atoms with Crippen LogP contribution in [-0.4, -0.2) is 37.5 Å². The molecule has 0 heterocycles. The van der Waals surface area contributed by atoms with Crippen LogP contribution in [0.2, 0.25) is 0 Å². The van der Waals surface area contributed by atoms with Gasteiger partial charge in [-0.3, -0.25) is 0 Å². The van der Waals surface area contributed by atoms with Gasteiger partial charge in [0.2, 0.25) is 10.0 Å². The van der Waals surface area contributed by atoms with Gasteiger partial charge < -0.3 is 5.11 Å². The quantitative estimate of drug-likeness (QED) is 0.897. The Hall–Kier alpha value is -0.910. The lowest BCUT2D eigenvalue weighted by Crippen LogP contribution is -2.35. The molecule has 1 N–H and O–H groups in total. The van der Waals surface area contributed by atoms with E-state index < -0.39 is 16.1 Å². The summed E-state index contributed by atoms with van der Waals surface area (Å²) in [6, 6.07) is 5.43. The van der Waals surface area contributed by atoms with Crippen molar-refractivity contribution < 1.29 is 13.5 Å². The summed E-state index contributed by atoms with van der Waals surface area (Å²) in [7, 11) is -1.94. The highest BCUT2D eigenvalue weighted by Crippen LogP contribution is 2.33. The molecule has 2 aliphatic carbocycles. The Balaban J connectivity index is 1.79. The van der Waals surface area contributed by atoms with Crippen LogP contribution in [0, 0.1) is 5.92 Å². The molecule has 1 unspecified atom stereocenters. The number of benzene rings is 1. The van der Waals surface area contributed by atoms with Crippen LogP contribution >= 0.6 is 0 Å². The minimum absolute atomic E-state index is 0.185. The van der Waals surface area contributed by atoms with Crippen molar-refractivity contribution in [1.29, 1.82) is 0 Å². The number of aliphatic hydroxyl groups excluding tert-OH is 1. The molecule has 4 nitrogen and oxygen atoms in total. The highest BCUT2D eigenvalue weighted by molar-refractivity contribution is 7.89. The summed E-state index contributed by atoms with van der Waals surface area (Å²) < 4.78 is 26.3. The minimum atomic E-state index is -3.49. The van der Waals surface area contributed by atoms with E-state index in [-0.39, 0.29) is 12.5 Å². The maximum Gasteiger partial charge on any atom is 0.242 e. The van der Waals surface area contributed by atoms with E-state index >= 15 is 0 Å². The van der Waals surface area contributed by atoms with Gasteiger partial charge in [0.15, 0.2) is 0 Å². The summed E-state index contributed by atoms with van der Waals surface area (Å²) in [6.07, 6.45) is 4.60. The minimum Gasteiger partial charge on any atom is -0.391 e. The van der Waals surface area contributed by atoms with E-state index in [1.165, 1.54) is 9.87 Å². The van der Waals surface area contributed by atoms with Gasteiger partial charge in [-0.05, 0) is 61.3 Å². The van der Waals surface area contributed by atoms with Crippen molar-refractivity contribution in [1.82, 2.24) is 4.31 Å². The standard InChI is InChI=1S/C15H21NO3S/c1-16(10-15(17)12-5-6-12)20(18,19)14-8-7-11-3-2-4-13(11)9-14/h7-9,12,15,17H,2-6,10H2,1H3. The normalized spacial score (nSPS) is 20.1. The molecule has 3 rings (SSSR count). The molecule has 0 radical (unpaired) electrons. The van der Waals surface area contributed by atoms with E-state index in [2.05, 4.69) is 0 Å². The molecule has 1 fully saturated rings. The van der Waals surface area contributed by atoms with E-state index in [0.717, 1.165) is 37.7 Å². The van der Waals surface area contributed by atoms with Crippen LogP contribution in [0.1, 0.15) is 30.4 Å². The van der Waals surface area contributed by atoms with E-state index in [0.29, 0.717) is 4.90 Å². The zero-order valence-electron chi connectivity index (χ0n) is 11.7. The predicted octanol–water partition coefficient (Wildman–Crippen LogP) is 1.57. The summed E-state index contributed by atoms with van der Waals surface area (Å²) in [6.45, 7) is 0.185. The first kappa shape index (κ1) is 14.0. The van der Waals surface area contributed by atoms with Crippen LogP contribution in [0.3, 0.4) is 0 Å². The van der Waals surface area contributed by atoms with Crippen molar-refractivity contribution in [2.75, 3.05) is 13.6 Å². The maximum atomic E-state index is 12.5. The van der Waals surface area contributed by atoms with Crippen molar-refractivity contribution in [2.24, 2.45) is 5.92 Å². The first-order chi connectivity index (χ1) is 9.48. The SMILES string of the molecule is CN(CC(O)C1CC1)S(=O)(=O)c1ccc2c(c1)CCC2. The van der Waals surface area contributed by atoms with E-state index in [1.807, 2.05) is 6.07 Å². The largest absolute Gasteiger partial charge is 0.391 e. The van der Waals surface area contributed by atoms with Crippen molar-refractivity contribution in [3.8, 4) is 0 Å². The monoisotopic (exact) mass is 295 g/mol. The van der Waals surface area contributed by atoms with Crippen LogP contribution in [0.4, 0.5) is 0 Å². The van der Waals surface area contributed by atoms with Crippen molar-refractivity contribution in [3.05, 3.63) is 29.3 Å². The van der Waals surface area contributed by atoms with Gasteiger partial charge in [0.1, 0.15) is 0 Å². The van der Waals surface area contributed by atoms with Gasteiger partial charge in [0, 0.05) is 13.6 Å². The fourth-order valence-electron chi connectivity index (χ4n) is 2.88. The third-order valence-corrected chi connectivity index (χ3v) is 6.21. The number of aliphatic hydroxyl groups is 1. The summed E-state index contributed by atoms with van der Waals surface area (Å²) in [4.78, 5) is 0.351. The number of likely N-dealkylation sites (N-methyl/N-ethyl adjacent to an activating group) is 1. The number of aryl methyl sites for hydroxylation is 2. The lowest BCUT2D eigenvalue weighted by atomic mass is 10.1. The number of sulfonamides is 1. The molecule has 110 valence electrons. The Bertz CT molecular complexity index is 608. The first-order valence-electron chi connectivity index (χ1n) is 7.24. The van der Waals surface area contributed by atoms with Gasteiger partial charge >= 0.3 is 0 Å². The van der Waals surface area contributed by atoms with Crippen LogP contribution < -0.4 is 0 Å². The Morgan fingerprint density at radius 1 is 1.30 bits per heavy atom. The van der Waals surface area contributed by atoms with Gasteiger partial charge in [-0.15, -0.1) is 0 Å². The Morgan fingerprint density at radius 3 is 2.70 bits per heavy atom. The Labute approximate surface area is 120 Å². The zero-order valence-corrected chi connectivity index (χ0v) is 12.6. The second-order valence-corrected chi connectivity index (χ2v) is 8.02. The number of nitrogens with zero attached hydrogens (tertiary/aromatic N) is 1. The van der Waals surface area contributed by atoms with Crippen molar-refractivity contribution in [3.63, 3.8) is 0 Å². The maximum absolute atomic E-state index is 12.5. The van der Waals surface area contributed by atoms with Crippen molar-refractivity contribution in [2.45, 2.75) is 43.1 Å². The zero-order chi connectivity index (χ0) is 14.3. The molecule has 0 amide bonds. The molecule has 1 aromatic rings. The topological polar surface area (TPSA) is 57.6 Å². The number of rotatable bonds is 5. The average molecular weight is 295 g/mol. The van der Waals surface area contributed by atoms with Crippen LogP contribution in [-0.2, 0) is 22.9 Å². The molecule has 0 spiro atoms. The molecule has 20 heavy (non-hydrogen) atoms. The molecule has 0 aromatic heterocycles. The molecule has 0 bridgehead atoms. The van der Waals surface area contributed by atoms with Gasteiger partial charge in [-0.1, -0.05) is 6.07 Å². The first-order valence-corrected chi connectivity index (χ1v) is 8.68. The smallest absolute Gasteiger partial charge is 0.242 e. The van der Waals surface area contributed by atoms with Gasteiger partial charge in [0.25, 0.3) is 0 Å². The second-order valence-electron chi connectivity index (χ2n) is 5.97. The fraction of sp³-hybridized carbons (Fsp3) is 0.600. The fourth-order valence-corrected chi connectivity index (χ4v) is 4.12. The summed E-state index contributed by atoms with van der Waals surface area (Å²) >= 11 is 0. The average Bonchev–Trinajstić information content (AvgIpc) is 3.16. The third-order valence-electron chi connectivity index (χ3n) is 4.39. The number of hydrogen-bond donors (Lipinski definition) is 1. The van der Waals surface area contributed by atoms with E-state index in [1.54, 1.807) is 19.2 Å². The van der Waals surface area contributed by atoms with E-state index in [4.69, 9.17) is 0 Å². The van der Waals surface area contributed by atoms with Crippen molar-refractivity contribution >= 4 is 10.0 Å². The highest BCUT2D eigenvalue weighted by atomic mass is 32.2. The van der Waals surface area contributed by atoms with Gasteiger partial charge in [0.05, 0.1) is 11.0 Å². The highest BCUT2D eigenvalue weighted by Gasteiger charge is 2.33. The number of fused-ring (bicyclic) bond motifs is 1. The van der Waals surface area contributed by atoms with Crippen LogP contribution in [0.5, 0.6) is 0 Å². The molecular formula is C15H21NO3S. The summed E-state index contributed by atoms with van der Waals surface area (Å²) in [5, 5.41) is 9.92. The lowest BCUT2D eigenvalue weighted by Gasteiger charge is -2.20. The summed E-state index contributed by atoms with van der Waals surface area (Å²) in [5.41, 5.74) is 2.42. The molecular weight excluding hydrogens is 274 g/mol. The molecule has 0 saturated heterocycles. The molecule has 0 aliphatic heterocycles. The molecule has 1 atom stereocenters. The lowest BCUT2D eigenvalue weighted by molar-refractivity contribution is 0.131. The Morgan fingerprint density at radius 2 is 2.00 bits per heavy atom. The van der Waals surface area contributed by atoms with E-state index in [9.17, 15) is 13.5 Å². The number of hydrogen-bond acceptors (Lipinski definition) is 3. The van der Waals surface area contributed by atoms with Crippen LogP contribution in [0.15, 0.2) is 23.1 Å². The Kier molecular flexibility index (Phi) is 3.60. The third kappa shape index (κ3) is 2.62. The molecule has 1 saturated carbocycles. The summed E-state index contributed by atoms with van der Waals surface area (Å²) in [5.74, 6) is 0.285. The van der Waals surface area contributed by atoms with Crippen LogP contribution in [0.25, 0.3) is 0 Å². The second kappa shape index (κ2) is 5.13. The predicted molar refractivity (Wildman–Crippen MR) is 77.0 cm³/mol. The van der Waals surface area contributed by atoms with Gasteiger partial charge in [-0.25, -0.2) is 8.42 Å². The molecule has 2 aliphatic rings. The molecule has 1 aromatic carbocycles. The van der Waals surface area contributed by atoms with Gasteiger partial charge in [-0.2, -0.15) is 4.31 Å².